The first kappa shape index (κ1) is 45.9. The number of benzene rings is 6. The summed E-state index contributed by atoms with van der Waals surface area (Å²) >= 11 is 6.05. The molecular formula is C52H46ClN3O10. The summed E-state index contributed by atoms with van der Waals surface area (Å²) in [6.45, 7) is 0.525. The van der Waals surface area contributed by atoms with Gasteiger partial charge in [0.1, 0.15) is 41.1 Å². The number of phenols is 1. The molecule has 13 nitrogen and oxygen atoms in total. The van der Waals surface area contributed by atoms with Crippen LogP contribution in [0, 0.1) is 0 Å². The van der Waals surface area contributed by atoms with Crippen LogP contribution in [-0.2, 0) is 6.61 Å². The molecule has 0 bridgehead atoms. The standard InChI is InChI=1S/C24H21NO4.C17H15NO4.C11H10ClNO2/c1-26-23-14-20-21(15-24(23)27-2)25-13-12-22(20)29-19-10-8-18(9-11-19)28-16-17-6-4-3-5-7-17;1-20-16-9-13-14(10-17(16)21-2)18-8-7-15(13)22-12-5-3-11(19)4-6-12;1-14-10-5-7-8(12)3-4-13-9(7)6-11(10)15-2/h3-15H,16H2,1-2H3;3-10,19H,1-2H3;3-6H,1-2H3. The van der Waals surface area contributed by atoms with Gasteiger partial charge in [-0.1, -0.05) is 41.9 Å². The molecule has 0 saturated heterocycles. The lowest BCUT2D eigenvalue weighted by Gasteiger charge is -2.12. The van der Waals surface area contributed by atoms with E-state index in [1.54, 1.807) is 110 Å². The van der Waals surface area contributed by atoms with Crippen molar-refractivity contribution in [3.05, 3.63) is 163 Å². The summed E-state index contributed by atoms with van der Waals surface area (Å²) in [7, 11) is 9.56. The zero-order valence-corrected chi connectivity index (χ0v) is 37.7. The fraction of sp³-hybridized carbons (Fsp3) is 0.135. The molecule has 0 unspecified atom stereocenters. The molecule has 66 heavy (non-hydrogen) atoms. The zero-order chi connectivity index (χ0) is 46.4. The number of ether oxygens (including phenoxy) is 9. The second-order valence-corrected chi connectivity index (χ2v) is 14.4. The molecule has 0 fully saturated rings. The van der Waals surface area contributed by atoms with E-state index in [1.165, 1.54) is 0 Å². The van der Waals surface area contributed by atoms with Gasteiger partial charge in [0, 0.05) is 52.9 Å². The summed E-state index contributed by atoms with van der Waals surface area (Å²) in [6.07, 6.45) is 5.04. The topological polar surface area (TPSA) is 142 Å². The number of pyridine rings is 3. The van der Waals surface area contributed by atoms with Crippen LogP contribution in [0.15, 0.2) is 152 Å². The highest BCUT2D eigenvalue weighted by Gasteiger charge is 2.14. The fourth-order valence-corrected chi connectivity index (χ4v) is 6.83. The second-order valence-electron chi connectivity index (χ2n) is 14.0. The SMILES string of the molecule is COc1cc2nccc(Cl)c2cc1OC.COc1cc2nccc(Oc3ccc(O)cc3)c2cc1OC.COc1cc2nccc(Oc3ccc(OCc4ccccc4)cc3)c2cc1OC. The van der Waals surface area contributed by atoms with E-state index in [2.05, 4.69) is 15.0 Å². The Morgan fingerprint density at radius 2 is 0.788 bits per heavy atom. The summed E-state index contributed by atoms with van der Waals surface area (Å²) < 4.78 is 49.5. The van der Waals surface area contributed by atoms with Crippen molar-refractivity contribution >= 4 is 44.3 Å². The number of hydrogen-bond donors (Lipinski definition) is 1. The maximum atomic E-state index is 9.32. The molecule has 3 aromatic heterocycles. The predicted molar refractivity (Wildman–Crippen MR) is 255 cm³/mol. The number of nitrogens with zero attached hydrogens (tertiary/aromatic N) is 3. The van der Waals surface area contributed by atoms with E-state index in [0.29, 0.717) is 69.1 Å². The number of hydrogen-bond acceptors (Lipinski definition) is 13. The molecule has 0 aliphatic heterocycles. The van der Waals surface area contributed by atoms with Gasteiger partial charge in [0.15, 0.2) is 34.5 Å². The monoisotopic (exact) mass is 907 g/mol. The van der Waals surface area contributed by atoms with Gasteiger partial charge >= 0.3 is 0 Å². The Labute approximate surface area is 386 Å². The zero-order valence-electron chi connectivity index (χ0n) is 37.0. The Hall–Kier alpha value is -8.16. The van der Waals surface area contributed by atoms with Crippen LogP contribution in [0.4, 0.5) is 0 Å². The quantitative estimate of drug-likeness (QED) is 0.117. The third kappa shape index (κ3) is 11.1. The summed E-state index contributed by atoms with van der Waals surface area (Å²) in [6, 6.07) is 40.5. The van der Waals surface area contributed by atoms with Crippen LogP contribution < -0.4 is 42.6 Å². The lowest BCUT2D eigenvalue weighted by atomic mass is 10.2. The van der Waals surface area contributed by atoms with E-state index < -0.39 is 0 Å². The smallest absolute Gasteiger partial charge is 0.162 e. The number of halogens is 1. The minimum atomic E-state index is 0.193. The molecule has 0 amide bonds. The van der Waals surface area contributed by atoms with Crippen LogP contribution in [0.2, 0.25) is 5.02 Å². The molecule has 14 heteroatoms. The molecule has 0 aliphatic carbocycles. The highest BCUT2D eigenvalue weighted by atomic mass is 35.5. The van der Waals surface area contributed by atoms with Gasteiger partial charge in [0.05, 0.1) is 64.2 Å². The van der Waals surface area contributed by atoms with Gasteiger partial charge in [-0.3, -0.25) is 15.0 Å². The molecule has 9 rings (SSSR count). The number of fused-ring (bicyclic) bond motifs is 3. The average molecular weight is 908 g/mol. The molecule has 336 valence electrons. The van der Waals surface area contributed by atoms with Crippen LogP contribution in [0.5, 0.6) is 69.0 Å². The van der Waals surface area contributed by atoms with E-state index in [9.17, 15) is 5.11 Å². The highest BCUT2D eigenvalue weighted by Crippen LogP contribution is 2.39. The number of phenolic OH excluding ortho intramolecular Hbond substituents is 1. The first-order valence-corrected chi connectivity index (χ1v) is 20.7. The summed E-state index contributed by atoms with van der Waals surface area (Å²) in [5, 5.41) is 12.5. The number of methoxy groups -OCH3 is 6. The normalized spacial score (nSPS) is 10.5. The lowest BCUT2D eigenvalue weighted by molar-refractivity contribution is 0.306. The fourth-order valence-electron chi connectivity index (χ4n) is 6.63. The molecular weight excluding hydrogens is 862 g/mol. The average Bonchev–Trinajstić information content (AvgIpc) is 3.36. The molecule has 1 N–H and O–H groups in total. The maximum Gasteiger partial charge on any atom is 0.162 e. The van der Waals surface area contributed by atoms with E-state index in [1.807, 2.05) is 84.9 Å². The third-order valence-corrected chi connectivity index (χ3v) is 10.3. The second kappa shape index (κ2) is 22.0. The van der Waals surface area contributed by atoms with Crippen LogP contribution in [0.1, 0.15) is 5.56 Å². The van der Waals surface area contributed by atoms with Crippen LogP contribution in [0.25, 0.3) is 32.7 Å². The van der Waals surface area contributed by atoms with Crippen molar-refractivity contribution in [1.29, 1.82) is 0 Å². The Morgan fingerprint density at radius 1 is 0.409 bits per heavy atom. The Morgan fingerprint density at radius 3 is 1.24 bits per heavy atom. The summed E-state index contributed by atoms with van der Waals surface area (Å²) in [5.41, 5.74) is 3.43. The van der Waals surface area contributed by atoms with Crippen molar-refractivity contribution in [2.24, 2.45) is 0 Å². The molecule has 0 saturated carbocycles. The Bertz CT molecular complexity index is 3030. The van der Waals surface area contributed by atoms with Gasteiger partial charge in [-0.2, -0.15) is 0 Å². The summed E-state index contributed by atoms with van der Waals surface area (Å²) in [5.74, 6) is 7.44. The Kier molecular flexibility index (Phi) is 15.3. The highest BCUT2D eigenvalue weighted by molar-refractivity contribution is 6.35. The first-order valence-electron chi connectivity index (χ1n) is 20.3. The number of rotatable bonds is 13. The van der Waals surface area contributed by atoms with E-state index in [0.717, 1.165) is 44.0 Å². The molecule has 9 aromatic rings. The van der Waals surface area contributed by atoms with Gasteiger partial charge < -0.3 is 47.7 Å². The van der Waals surface area contributed by atoms with Crippen molar-refractivity contribution in [2.45, 2.75) is 6.61 Å². The van der Waals surface area contributed by atoms with E-state index >= 15 is 0 Å². The minimum absolute atomic E-state index is 0.193. The third-order valence-electron chi connectivity index (χ3n) is 9.97. The van der Waals surface area contributed by atoms with E-state index in [4.69, 9.17) is 54.2 Å². The largest absolute Gasteiger partial charge is 0.508 e. The molecule has 0 atom stereocenters. The number of aromatic hydroxyl groups is 1. The summed E-state index contributed by atoms with van der Waals surface area (Å²) in [4.78, 5) is 12.9. The molecule has 3 heterocycles. The number of aromatic nitrogens is 3. The van der Waals surface area contributed by atoms with E-state index in [-0.39, 0.29) is 5.75 Å². The Balaban J connectivity index is 0.000000155. The van der Waals surface area contributed by atoms with Crippen molar-refractivity contribution in [2.75, 3.05) is 42.7 Å². The maximum absolute atomic E-state index is 9.32. The molecule has 0 aliphatic rings. The van der Waals surface area contributed by atoms with Crippen LogP contribution in [0.3, 0.4) is 0 Å². The first-order chi connectivity index (χ1) is 32.2. The molecule has 0 radical (unpaired) electrons. The van der Waals surface area contributed by atoms with Crippen molar-refractivity contribution in [3.8, 4) is 69.0 Å². The van der Waals surface area contributed by atoms with Crippen LogP contribution in [-0.4, -0.2) is 62.7 Å². The van der Waals surface area contributed by atoms with Crippen LogP contribution >= 0.6 is 11.6 Å². The predicted octanol–water partition coefficient (Wildman–Crippen LogP) is 12.3. The van der Waals surface area contributed by atoms with Crippen molar-refractivity contribution < 1.29 is 47.7 Å². The molecule has 6 aromatic carbocycles. The lowest BCUT2D eigenvalue weighted by Crippen LogP contribution is -1.95. The molecule has 0 spiro atoms. The van der Waals surface area contributed by atoms with Gasteiger partial charge in [-0.15, -0.1) is 0 Å². The van der Waals surface area contributed by atoms with Gasteiger partial charge in [-0.05, 0) is 90.5 Å². The van der Waals surface area contributed by atoms with Gasteiger partial charge in [0.2, 0.25) is 0 Å². The van der Waals surface area contributed by atoms with Crippen molar-refractivity contribution in [1.82, 2.24) is 15.0 Å². The van der Waals surface area contributed by atoms with Gasteiger partial charge in [0.25, 0.3) is 0 Å². The van der Waals surface area contributed by atoms with Crippen molar-refractivity contribution in [3.63, 3.8) is 0 Å². The van der Waals surface area contributed by atoms with Gasteiger partial charge in [-0.25, -0.2) is 0 Å². The minimum Gasteiger partial charge on any atom is -0.508 e.